The predicted molar refractivity (Wildman–Crippen MR) is 100 cm³/mol. The fourth-order valence-corrected chi connectivity index (χ4v) is 3.15. The van der Waals surface area contributed by atoms with E-state index >= 15 is 0 Å². The van der Waals surface area contributed by atoms with E-state index in [2.05, 4.69) is 19.1 Å². The number of aliphatic carboxylic acids is 1. The molecule has 0 radical (unpaired) electrons. The van der Waals surface area contributed by atoms with Crippen LogP contribution in [-0.2, 0) is 9.53 Å². The maximum atomic E-state index is 11.2. The molecule has 0 aromatic carbocycles. The molecule has 1 heterocycles. The summed E-state index contributed by atoms with van der Waals surface area (Å²) < 4.78 is 5.14. The van der Waals surface area contributed by atoms with Crippen LogP contribution in [-0.4, -0.2) is 23.8 Å². The highest BCUT2D eigenvalue weighted by Crippen LogP contribution is 2.24. The number of unbranched alkanes of at least 4 members (excludes halogenated alkanes) is 10. The van der Waals surface area contributed by atoms with Gasteiger partial charge in [-0.2, -0.15) is 0 Å². The van der Waals surface area contributed by atoms with Gasteiger partial charge < -0.3 is 9.84 Å². The van der Waals surface area contributed by atoms with Crippen LogP contribution in [0, 0.1) is 5.92 Å². The van der Waals surface area contributed by atoms with Gasteiger partial charge in [0.15, 0.2) is 0 Å². The van der Waals surface area contributed by atoms with Crippen LogP contribution in [0.2, 0.25) is 0 Å². The minimum Gasteiger partial charge on any atom is -0.481 e. The third-order valence-corrected chi connectivity index (χ3v) is 4.86. The van der Waals surface area contributed by atoms with Gasteiger partial charge in [-0.25, -0.2) is 0 Å². The number of rotatable bonds is 17. The number of carbonyl (C=O) groups is 1. The van der Waals surface area contributed by atoms with Crippen LogP contribution in [0.3, 0.4) is 0 Å². The Bertz CT molecular complexity index is 334. The molecule has 0 bridgehead atoms. The van der Waals surface area contributed by atoms with Crippen molar-refractivity contribution in [1.29, 1.82) is 0 Å². The molecule has 2 unspecified atom stereocenters. The van der Waals surface area contributed by atoms with Crippen molar-refractivity contribution < 1.29 is 14.6 Å². The number of epoxide rings is 1. The molecule has 0 saturated carbocycles. The van der Waals surface area contributed by atoms with E-state index < -0.39 is 5.97 Å². The van der Waals surface area contributed by atoms with Crippen LogP contribution in [0.4, 0.5) is 0 Å². The Morgan fingerprint density at radius 3 is 2.08 bits per heavy atom. The maximum Gasteiger partial charge on any atom is 0.306 e. The van der Waals surface area contributed by atoms with Gasteiger partial charge in [0.1, 0.15) is 0 Å². The highest BCUT2D eigenvalue weighted by atomic mass is 16.6. The molecule has 1 aliphatic heterocycles. The van der Waals surface area contributed by atoms with Crippen LogP contribution in [0.5, 0.6) is 0 Å². The van der Waals surface area contributed by atoms with Crippen molar-refractivity contribution in [1.82, 2.24) is 0 Å². The molecular weight excluding hydrogens is 300 g/mol. The lowest BCUT2D eigenvalue weighted by molar-refractivity contribution is -0.142. The molecule has 0 spiro atoms. The standard InChI is InChI=1S/C21H38O3/c1-2-3-4-5-6-7-8-9-10-11-12-13-14-15-16-19(21(22)23)17-20-18-24-20/h9-10,19-20H,2-8,11-18H2,1H3,(H,22,23)/b10-9-. The summed E-state index contributed by atoms with van der Waals surface area (Å²) in [5.41, 5.74) is 0. The zero-order chi connectivity index (χ0) is 17.5. The highest BCUT2D eigenvalue weighted by molar-refractivity contribution is 5.69. The lowest BCUT2D eigenvalue weighted by Crippen LogP contribution is -2.15. The van der Waals surface area contributed by atoms with Crippen molar-refractivity contribution >= 4 is 5.97 Å². The lowest BCUT2D eigenvalue weighted by atomic mass is 9.96. The van der Waals surface area contributed by atoms with Crippen LogP contribution in [0.15, 0.2) is 12.2 Å². The summed E-state index contributed by atoms with van der Waals surface area (Å²) in [7, 11) is 0. The Kier molecular flexibility index (Phi) is 12.8. The van der Waals surface area contributed by atoms with Gasteiger partial charge in [-0.1, -0.05) is 70.4 Å². The molecule has 1 N–H and O–H groups in total. The third-order valence-electron chi connectivity index (χ3n) is 4.86. The second-order valence-corrected chi connectivity index (χ2v) is 7.25. The fourth-order valence-electron chi connectivity index (χ4n) is 3.15. The zero-order valence-electron chi connectivity index (χ0n) is 15.7. The van der Waals surface area contributed by atoms with E-state index in [1.54, 1.807) is 0 Å². The first-order valence-electron chi connectivity index (χ1n) is 10.2. The van der Waals surface area contributed by atoms with E-state index in [1.165, 1.54) is 64.2 Å². The monoisotopic (exact) mass is 338 g/mol. The normalized spacial score (nSPS) is 18.1. The van der Waals surface area contributed by atoms with E-state index in [9.17, 15) is 9.90 Å². The molecule has 0 aromatic rings. The van der Waals surface area contributed by atoms with Crippen molar-refractivity contribution in [2.75, 3.05) is 6.61 Å². The maximum absolute atomic E-state index is 11.2. The first-order chi connectivity index (χ1) is 11.7. The summed E-state index contributed by atoms with van der Waals surface area (Å²) in [6.07, 6.45) is 21.7. The largest absolute Gasteiger partial charge is 0.481 e. The van der Waals surface area contributed by atoms with E-state index in [1.807, 2.05) is 0 Å². The summed E-state index contributed by atoms with van der Waals surface area (Å²) in [4.78, 5) is 11.2. The van der Waals surface area contributed by atoms with E-state index in [0.717, 1.165) is 25.9 Å². The molecule has 0 aliphatic carbocycles. The minimum absolute atomic E-state index is 0.199. The van der Waals surface area contributed by atoms with Gasteiger partial charge in [0.05, 0.1) is 18.6 Å². The summed E-state index contributed by atoms with van der Waals surface area (Å²) in [6.45, 7) is 3.02. The third kappa shape index (κ3) is 12.6. The number of allylic oxidation sites excluding steroid dienone is 2. The summed E-state index contributed by atoms with van der Waals surface area (Å²) >= 11 is 0. The molecule has 24 heavy (non-hydrogen) atoms. The molecule has 1 aliphatic rings. The van der Waals surface area contributed by atoms with E-state index in [-0.39, 0.29) is 12.0 Å². The molecular formula is C21H38O3. The Balaban J connectivity index is 1.83. The minimum atomic E-state index is -0.650. The van der Waals surface area contributed by atoms with Gasteiger partial charge in [0.2, 0.25) is 0 Å². The number of ether oxygens (including phenoxy) is 1. The summed E-state index contributed by atoms with van der Waals surface area (Å²) in [6, 6.07) is 0. The Labute approximate surface area is 148 Å². The summed E-state index contributed by atoms with van der Waals surface area (Å²) in [5.74, 6) is -0.849. The molecule has 1 rings (SSSR count). The second-order valence-electron chi connectivity index (χ2n) is 7.25. The molecule has 3 heteroatoms. The molecule has 0 amide bonds. The quantitative estimate of drug-likeness (QED) is 0.197. The van der Waals surface area contributed by atoms with Crippen molar-refractivity contribution in [3.63, 3.8) is 0 Å². The predicted octanol–water partition coefficient (Wildman–Crippen LogP) is 6.12. The molecule has 1 fully saturated rings. The number of hydrogen-bond acceptors (Lipinski definition) is 2. The SMILES string of the molecule is CCCCCCCC/C=C\CCCCCCC(CC1CO1)C(=O)O. The topological polar surface area (TPSA) is 49.8 Å². The average Bonchev–Trinajstić information content (AvgIpc) is 3.38. The van der Waals surface area contributed by atoms with Gasteiger partial charge in [-0.15, -0.1) is 0 Å². The van der Waals surface area contributed by atoms with Gasteiger partial charge in [0.25, 0.3) is 0 Å². The zero-order valence-corrected chi connectivity index (χ0v) is 15.7. The number of carboxylic acid groups (broad SMARTS) is 1. The molecule has 1 saturated heterocycles. The average molecular weight is 339 g/mol. The first-order valence-corrected chi connectivity index (χ1v) is 10.2. The van der Waals surface area contributed by atoms with E-state index in [4.69, 9.17) is 4.74 Å². The molecule has 3 nitrogen and oxygen atoms in total. The van der Waals surface area contributed by atoms with Crippen molar-refractivity contribution in [3.8, 4) is 0 Å². The first kappa shape index (κ1) is 21.2. The van der Waals surface area contributed by atoms with Crippen LogP contribution in [0.25, 0.3) is 0 Å². The van der Waals surface area contributed by atoms with Crippen molar-refractivity contribution in [2.24, 2.45) is 5.92 Å². The second kappa shape index (κ2) is 14.5. The van der Waals surface area contributed by atoms with Gasteiger partial charge >= 0.3 is 5.97 Å². The van der Waals surface area contributed by atoms with Crippen LogP contribution < -0.4 is 0 Å². The van der Waals surface area contributed by atoms with Crippen molar-refractivity contribution in [2.45, 2.75) is 103 Å². The van der Waals surface area contributed by atoms with Crippen molar-refractivity contribution in [3.05, 3.63) is 12.2 Å². The van der Waals surface area contributed by atoms with Crippen LogP contribution in [0.1, 0.15) is 96.8 Å². The van der Waals surface area contributed by atoms with Gasteiger partial charge in [0, 0.05) is 0 Å². The van der Waals surface area contributed by atoms with Crippen LogP contribution >= 0.6 is 0 Å². The number of carboxylic acids is 1. The fraction of sp³-hybridized carbons (Fsp3) is 0.857. The Morgan fingerprint density at radius 2 is 1.54 bits per heavy atom. The van der Waals surface area contributed by atoms with Gasteiger partial charge in [-0.3, -0.25) is 4.79 Å². The Hall–Kier alpha value is -0.830. The van der Waals surface area contributed by atoms with Gasteiger partial charge in [-0.05, 0) is 38.5 Å². The summed E-state index contributed by atoms with van der Waals surface area (Å²) in [5, 5.41) is 9.19. The Morgan fingerprint density at radius 1 is 1.00 bits per heavy atom. The molecule has 0 aromatic heterocycles. The number of hydrogen-bond donors (Lipinski definition) is 1. The molecule has 2 atom stereocenters. The van der Waals surface area contributed by atoms with E-state index in [0.29, 0.717) is 6.42 Å². The smallest absolute Gasteiger partial charge is 0.306 e. The highest BCUT2D eigenvalue weighted by Gasteiger charge is 2.29. The molecule has 140 valence electrons. The lowest BCUT2D eigenvalue weighted by Gasteiger charge is -2.10.